The Morgan fingerprint density at radius 2 is 1.46 bits per heavy atom. The molecule has 3 aromatic carbocycles. The first-order chi connectivity index (χ1) is 12.7. The van der Waals surface area contributed by atoms with E-state index in [-0.39, 0.29) is 0 Å². The number of aliphatic carboxylic acids is 1. The monoisotopic (exact) mass is 346 g/mol. The summed E-state index contributed by atoms with van der Waals surface area (Å²) in [5.41, 5.74) is 2.94. The van der Waals surface area contributed by atoms with Gasteiger partial charge in [0.05, 0.1) is 12.5 Å². The van der Waals surface area contributed by atoms with Crippen LogP contribution in [0.5, 0.6) is 5.75 Å². The number of carboxylic acids is 1. The summed E-state index contributed by atoms with van der Waals surface area (Å²) in [4.78, 5) is 11.8. The SMILES string of the molecule is O=C(O)C(Cc1ccccc1OCCc1ccccc1)c1ccccc1. The molecule has 0 aromatic heterocycles. The minimum Gasteiger partial charge on any atom is -0.493 e. The molecule has 26 heavy (non-hydrogen) atoms. The average Bonchev–Trinajstić information content (AvgIpc) is 2.68. The highest BCUT2D eigenvalue weighted by atomic mass is 16.5. The number of hydrogen-bond acceptors (Lipinski definition) is 2. The molecule has 0 saturated carbocycles. The summed E-state index contributed by atoms with van der Waals surface area (Å²) in [6.07, 6.45) is 1.22. The summed E-state index contributed by atoms with van der Waals surface area (Å²) < 4.78 is 5.96. The predicted octanol–water partition coefficient (Wildman–Crippen LogP) is 4.72. The van der Waals surface area contributed by atoms with Crippen LogP contribution in [0.1, 0.15) is 22.6 Å². The molecule has 1 atom stereocenters. The molecular formula is C23H22O3. The number of rotatable bonds is 8. The number of benzene rings is 3. The fraction of sp³-hybridized carbons (Fsp3) is 0.174. The molecule has 3 nitrogen and oxygen atoms in total. The summed E-state index contributed by atoms with van der Waals surface area (Å²) in [5, 5.41) is 9.66. The zero-order valence-corrected chi connectivity index (χ0v) is 14.5. The molecule has 1 unspecified atom stereocenters. The lowest BCUT2D eigenvalue weighted by atomic mass is 9.92. The second-order valence-electron chi connectivity index (χ2n) is 6.20. The average molecular weight is 346 g/mol. The number of carbonyl (C=O) groups is 1. The van der Waals surface area contributed by atoms with E-state index >= 15 is 0 Å². The van der Waals surface area contributed by atoms with Gasteiger partial charge in [0.25, 0.3) is 0 Å². The van der Waals surface area contributed by atoms with E-state index in [1.807, 2.05) is 72.8 Å². The van der Waals surface area contributed by atoms with Crippen LogP contribution in [0, 0.1) is 0 Å². The number of hydrogen-bond donors (Lipinski definition) is 1. The van der Waals surface area contributed by atoms with Gasteiger partial charge in [0, 0.05) is 6.42 Å². The Morgan fingerprint density at radius 1 is 0.846 bits per heavy atom. The molecule has 0 heterocycles. The normalized spacial score (nSPS) is 11.7. The van der Waals surface area contributed by atoms with Crippen molar-refractivity contribution < 1.29 is 14.6 Å². The van der Waals surface area contributed by atoms with E-state index in [0.717, 1.165) is 23.3 Å². The molecule has 132 valence electrons. The summed E-state index contributed by atoms with van der Waals surface area (Å²) in [5.74, 6) is -0.657. The van der Waals surface area contributed by atoms with Crippen molar-refractivity contribution >= 4 is 5.97 Å². The van der Waals surface area contributed by atoms with Gasteiger partial charge in [-0.2, -0.15) is 0 Å². The Labute approximate surface area is 153 Å². The van der Waals surface area contributed by atoms with E-state index in [4.69, 9.17) is 4.74 Å². The fourth-order valence-electron chi connectivity index (χ4n) is 2.99. The van der Waals surface area contributed by atoms with Crippen LogP contribution in [0.25, 0.3) is 0 Å². The molecule has 0 aliphatic heterocycles. The van der Waals surface area contributed by atoms with Crippen molar-refractivity contribution in [3.05, 3.63) is 102 Å². The Kier molecular flexibility index (Phi) is 6.05. The van der Waals surface area contributed by atoms with Crippen molar-refractivity contribution in [2.75, 3.05) is 6.61 Å². The van der Waals surface area contributed by atoms with Gasteiger partial charge < -0.3 is 9.84 Å². The molecular weight excluding hydrogens is 324 g/mol. The third kappa shape index (κ3) is 4.73. The highest BCUT2D eigenvalue weighted by Gasteiger charge is 2.21. The zero-order valence-electron chi connectivity index (χ0n) is 14.5. The van der Waals surface area contributed by atoms with Crippen molar-refractivity contribution in [2.45, 2.75) is 18.8 Å². The first-order valence-electron chi connectivity index (χ1n) is 8.76. The van der Waals surface area contributed by atoms with E-state index in [2.05, 4.69) is 12.1 Å². The largest absolute Gasteiger partial charge is 0.493 e. The minimum absolute atomic E-state index is 0.404. The smallest absolute Gasteiger partial charge is 0.311 e. The summed E-state index contributed by atoms with van der Waals surface area (Å²) in [6, 6.07) is 27.2. The topological polar surface area (TPSA) is 46.5 Å². The molecule has 1 N–H and O–H groups in total. The molecule has 0 aliphatic carbocycles. The van der Waals surface area contributed by atoms with Crippen LogP contribution in [0.2, 0.25) is 0 Å². The standard InChI is InChI=1S/C23H22O3/c24-23(25)21(19-11-5-2-6-12-19)17-20-13-7-8-14-22(20)26-16-15-18-9-3-1-4-10-18/h1-14,21H,15-17H2,(H,24,25). The first kappa shape index (κ1) is 17.7. The van der Waals surface area contributed by atoms with Gasteiger partial charge in [-0.3, -0.25) is 4.79 Å². The molecule has 3 heteroatoms. The van der Waals surface area contributed by atoms with Crippen LogP contribution in [-0.4, -0.2) is 17.7 Å². The van der Waals surface area contributed by atoms with Gasteiger partial charge in [-0.1, -0.05) is 78.9 Å². The molecule has 0 bridgehead atoms. The zero-order chi connectivity index (χ0) is 18.2. The van der Waals surface area contributed by atoms with Gasteiger partial charge in [0.15, 0.2) is 0 Å². The lowest BCUT2D eigenvalue weighted by Gasteiger charge is -2.16. The Balaban J connectivity index is 1.70. The van der Waals surface area contributed by atoms with Gasteiger partial charge in [-0.25, -0.2) is 0 Å². The van der Waals surface area contributed by atoms with Crippen molar-refractivity contribution in [1.82, 2.24) is 0 Å². The van der Waals surface area contributed by atoms with Gasteiger partial charge >= 0.3 is 5.97 Å². The molecule has 0 radical (unpaired) electrons. The second kappa shape index (κ2) is 8.86. The first-order valence-corrected chi connectivity index (χ1v) is 8.76. The van der Waals surface area contributed by atoms with E-state index in [1.54, 1.807) is 0 Å². The van der Waals surface area contributed by atoms with Crippen molar-refractivity contribution in [1.29, 1.82) is 0 Å². The van der Waals surface area contributed by atoms with Crippen molar-refractivity contribution in [2.24, 2.45) is 0 Å². The van der Waals surface area contributed by atoms with Crippen molar-refractivity contribution in [3.63, 3.8) is 0 Å². The summed E-state index contributed by atoms with van der Waals surface area (Å²) in [7, 11) is 0. The van der Waals surface area contributed by atoms with Crippen molar-refractivity contribution in [3.8, 4) is 5.75 Å². The van der Waals surface area contributed by atoms with Crippen LogP contribution < -0.4 is 4.74 Å². The quantitative estimate of drug-likeness (QED) is 0.642. The van der Waals surface area contributed by atoms with Crippen LogP contribution in [0.15, 0.2) is 84.9 Å². The van der Waals surface area contributed by atoms with E-state index in [0.29, 0.717) is 13.0 Å². The van der Waals surface area contributed by atoms with Crippen LogP contribution in [0.4, 0.5) is 0 Å². The third-order valence-corrected chi connectivity index (χ3v) is 4.39. The van der Waals surface area contributed by atoms with E-state index in [9.17, 15) is 9.90 Å². The fourth-order valence-corrected chi connectivity index (χ4v) is 2.99. The van der Waals surface area contributed by atoms with Gasteiger partial charge in [-0.15, -0.1) is 0 Å². The Morgan fingerprint density at radius 3 is 2.15 bits per heavy atom. The molecule has 0 amide bonds. The molecule has 0 saturated heterocycles. The second-order valence-corrected chi connectivity index (χ2v) is 6.20. The van der Waals surface area contributed by atoms with E-state index in [1.165, 1.54) is 5.56 Å². The number of ether oxygens (including phenoxy) is 1. The highest BCUT2D eigenvalue weighted by molar-refractivity contribution is 5.76. The highest BCUT2D eigenvalue weighted by Crippen LogP contribution is 2.27. The number of carboxylic acid groups (broad SMARTS) is 1. The molecule has 0 fully saturated rings. The Bertz CT molecular complexity index is 828. The maximum Gasteiger partial charge on any atom is 0.311 e. The van der Waals surface area contributed by atoms with Gasteiger partial charge in [0.2, 0.25) is 0 Å². The lowest BCUT2D eigenvalue weighted by Crippen LogP contribution is -2.15. The van der Waals surface area contributed by atoms with Gasteiger partial charge in [-0.05, 0) is 29.2 Å². The Hall–Kier alpha value is -3.07. The molecule has 3 rings (SSSR count). The maximum absolute atomic E-state index is 11.8. The number of para-hydroxylation sites is 1. The van der Waals surface area contributed by atoms with E-state index < -0.39 is 11.9 Å². The minimum atomic E-state index is -0.824. The predicted molar refractivity (Wildman–Crippen MR) is 103 cm³/mol. The lowest BCUT2D eigenvalue weighted by molar-refractivity contribution is -0.138. The summed E-state index contributed by atoms with van der Waals surface area (Å²) in [6.45, 7) is 0.560. The van der Waals surface area contributed by atoms with Gasteiger partial charge in [0.1, 0.15) is 5.75 Å². The molecule has 3 aromatic rings. The molecule has 0 spiro atoms. The molecule has 0 aliphatic rings. The van der Waals surface area contributed by atoms with Crippen LogP contribution in [0.3, 0.4) is 0 Å². The summed E-state index contributed by atoms with van der Waals surface area (Å²) >= 11 is 0. The van der Waals surface area contributed by atoms with Crippen LogP contribution in [-0.2, 0) is 17.6 Å². The third-order valence-electron chi connectivity index (χ3n) is 4.39. The maximum atomic E-state index is 11.8. The van der Waals surface area contributed by atoms with Crippen LogP contribution >= 0.6 is 0 Å².